The highest BCUT2D eigenvalue weighted by atomic mass is 32.2. The molecule has 0 saturated carbocycles. The Kier molecular flexibility index (Phi) is 5.32. The van der Waals surface area contributed by atoms with Crippen molar-refractivity contribution in [3.8, 4) is 0 Å². The summed E-state index contributed by atoms with van der Waals surface area (Å²) in [5.41, 5.74) is 3.12. The molecule has 1 saturated heterocycles. The maximum atomic E-state index is 12.1. The van der Waals surface area contributed by atoms with Crippen LogP contribution in [0.5, 0.6) is 0 Å². The molecule has 7 nitrogen and oxygen atoms in total. The summed E-state index contributed by atoms with van der Waals surface area (Å²) in [6.45, 7) is 4.18. The van der Waals surface area contributed by atoms with Gasteiger partial charge in [-0.2, -0.15) is 0 Å². The Labute approximate surface area is 119 Å². The summed E-state index contributed by atoms with van der Waals surface area (Å²) in [5.74, 6) is 5.24. The highest BCUT2D eigenvalue weighted by Gasteiger charge is 2.15. The summed E-state index contributed by atoms with van der Waals surface area (Å²) >= 11 is 0. The van der Waals surface area contributed by atoms with Crippen molar-refractivity contribution >= 4 is 15.7 Å². The predicted molar refractivity (Wildman–Crippen MR) is 76.7 cm³/mol. The van der Waals surface area contributed by atoms with E-state index in [1.54, 1.807) is 12.1 Å². The Morgan fingerprint density at radius 1 is 1.20 bits per heavy atom. The molecular weight excluding hydrogens is 280 g/mol. The van der Waals surface area contributed by atoms with Crippen molar-refractivity contribution in [1.29, 1.82) is 0 Å². The summed E-state index contributed by atoms with van der Waals surface area (Å²) in [6, 6.07) is 6.28. The van der Waals surface area contributed by atoms with E-state index in [4.69, 9.17) is 10.6 Å². The van der Waals surface area contributed by atoms with Crippen LogP contribution in [0.2, 0.25) is 0 Å². The second-order valence-corrected chi connectivity index (χ2v) is 6.29. The molecule has 2 rings (SSSR count). The Balaban J connectivity index is 1.86. The standard InChI is InChI=1S/C12H20N4O3S/c13-15-11-1-3-12(4-2-11)20(17,18)14-5-6-16-7-9-19-10-8-16/h1-4,14-15H,5-10,13H2. The minimum Gasteiger partial charge on any atom is -0.379 e. The lowest BCUT2D eigenvalue weighted by molar-refractivity contribution is 0.0390. The van der Waals surface area contributed by atoms with E-state index in [-0.39, 0.29) is 4.90 Å². The largest absolute Gasteiger partial charge is 0.379 e. The average molecular weight is 300 g/mol. The fourth-order valence-corrected chi connectivity index (χ4v) is 3.00. The van der Waals surface area contributed by atoms with Gasteiger partial charge in [0.15, 0.2) is 0 Å². The van der Waals surface area contributed by atoms with Gasteiger partial charge in [-0.25, -0.2) is 13.1 Å². The maximum absolute atomic E-state index is 12.1. The lowest BCUT2D eigenvalue weighted by Gasteiger charge is -2.26. The number of benzene rings is 1. The van der Waals surface area contributed by atoms with E-state index in [0.29, 0.717) is 32.0 Å². The number of nitrogen functional groups attached to an aromatic ring is 1. The van der Waals surface area contributed by atoms with Crippen LogP contribution in [0.3, 0.4) is 0 Å². The quantitative estimate of drug-likeness (QED) is 0.488. The van der Waals surface area contributed by atoms with Gasteiger partial charge >= 0.3 is 0 Å². The second-order valence-electron chi connectivity index (χ2n) is 4.52. The number of hydrogen-bond acceptors (Lipinski definition) is 6. The van der Waals surface area contributed by atoms with Gasteiger partial charge in [0.2, 0.25) is 10.0 Å². The van der Waals surface area contributed by atoms with Gasteiger partial charge < -0.3 is 10.2 Å². The summed E-state index contributed by atoms with van der Waals surface area (Å²) in [4.78, 5) is 2.41. The summed E-state index contributed by atoms with van der Waals surface area (Å²) in [7, 11) is -3.46. The Morgan fingerprint density at radius 2 is 1.85 bits per heavy atom. The zero-order chi connectivity index (χ0) is 14.4. The zero-order valence-electron chi connectivity index (χ0n) is 11.2. The van der Waals surface area contributed by atoms with E-state index in [9.17, 15) is 8.42 Å². The van der Waals surface area contributed by atoms with E-state index in [2.05, 4.69) is 15.0 Å². The van der Waals surface area contributed by atoms with Crippen LogP contribution in [-0.4, -0.2) is 52.7 Å². The third kappa shape index (κ3) is 4.15. The molecule has 1 aliphatic rings. The minimum absolute atomic E-state index is 0.235. The van der Waals surface area contributed by atoms with Crippen LogP contribution in [0.15, 0.2) is 29.2 Å². The molecule has 1 aliphatic heterocycles. The van der Waals surface area contributed by atoms with Gasteiger partial charge in [-0.1, -0.05) is 0 Å². The van der Waals surface area contributed by atoms with Crippen LogP contribution in [0.1, 0.15) is 0 Å². The molecule has 0 atom stereocenters. The Bertz CT molecular complexity index is 512. The van der Waals surface area contributed by atoms with Crippen molar-refractivity contribution in [2.45, 2.75) is 4.90 Å². The van der Waals surface area contributed by atoms with E-state index >= 15 is 0 Å². The third-order valence-electron chi connectivity index (χ3n) is 3.16. The predicted octanol–water partition coefficient (Wildman–Crippen LogP) is -0.417. The first-order valence-corrected chi connectivity index (χ1v) is 7.96. The van der Waals surface area contributed by atoms with Gasteiger partial charge in [-0.15, -0.1) is 0 Å². The molecule has 1 aromatic carbocycles. The molecule has 8 heteroatoms. The first-order valence-electron chi connectivity index (χ1n) is 6.48. The third-order valence-corrected chi connectivity index (χ3v) is 4.63. The van der Waals surface area contributed by atoms with Gasteiger partial charge in [0.05, 0.1) is 18.1 Å². The van der Waals surface area contributed by atoms with Gasteiger partial charge in [0.25, 0.3) is 0 Å². The molecule has 1 fully saturated rings. The Morgan fingerprint density at radius 3 is 2.45 bits per heavy atom. The van der Waals surface area contributed by atoms with Crippen LogP contribution in [-0.2, 0) is 14.8 Å². The van der Waals surface area contributed by atoms with Crippen molar-refractivity contribution in [2.75, 3.05) is 44.8 Å². The number of morpholine rings is 1. The SMILES string of the molecule is NNc1ccc(S(=O)(=O)NCCN2CCOCC2)cc1. The number of hydrogen-bond donors (Lipinski definition) is 3. The van der Waals surface area contributed by atoms with E-state index < -0.39 is 10.0 Å². The molecule has 1 heterocycles. The van der Waals surface area contributed by atoms with Gasteiger partial charge in [0.1, 0.15) is 0 Å². The number of hydrazine groups is 1. The highest BCUT2D eigenvalue weighted by Crippen LogP contribution is 2.12. The van der Waals surface area contributed by atoms with Crippen molar-refractivity contribution < 1.29 is 13.2 Å². The van der Waals surface area contributed by atoms with Crippen molar-refractivity contribution in [2.24, 2.45) is 5.84 Å². The van der Waals surface area contributed by atoms with E-state index in [1.165, 1.54) is 12.1 Å². The van der Waals surface area contributed by atoms with Crippen molar-refractivity contribution in [1.82, 2.24) is 9.62 Å². The number of sulfonamides is 1. The van der Waals surface area contributed by atoms with Crippen LogP contribution in [0.4, 0.5) is 5.69 Å². The van der Waals surface area contributed by atoms with E-state index in [0.717, 1.165) is 13.1 Å². The summed E-state index contributed by atoms with van der Waals surface area (Å²) < 4.78 is 32.0. The number of ether oxygens (including phenoxy) is 1. The highest BCUT2D eigenvalue weighted by molar-refractivity contribution is 7.89. The number of nitrogens with zero attached hydrogens (tertiary/aromatic N) is 1. The summed E-state index contributed by atoms with van der Waals surface area (Å²) in [5, 5.41) is 0. The molecule has 0 spiro atoms. The van der Waals surface area contributed by atoms with Gasteiger partial charge in [0, 0.05) is 31.9 Å². The number of anilines is 1. The zero-order valence-corrected chi connectivity index (χ0v) is 12.0. The molecule has 0 bridgehead atoms. The molecule has 112 valence electrons. The maximum Gasteiger partial charge on any atom is 0.240 e. The fourth-order valence-electron chi connectivity index (χ4n) is 1.98. The normalized spacial score (nSPS) is 17.1. The lowest BCUT2D eigenvalue weighted by Crippen LogP contribution is -2.41. The number of rotatable bonds is 6. The van der Waals surface area contributed by atoms with Crippen molar-refractivity contribution in [3.63, 3.8) is 0 Å². The van der Waals surface area contributed by atoms with Gasteiger partial charge in [-0.05, 0) is 24.3 Å². The molecule has 0 amide bonds. The number of nitrogens with one attached hydrogen (secondary N) is 2. The average Bonchev–Trinajstić information content (AvgIpc) is 2.48. The fraction of sp³-hybridized carbons (Fsp3) is 0.500. The molecule has 0 radical (unpaired) electrons. The van der Waals surface area contributed by atoms with Crippen LogP contribution < -0.4 is 16.0 Å². The van der Waals surface area contributed by atoms with Crippen molar-refractivity contribution in [3.05, 3.63) is 24.3 Å². The topological polar surface area (TPSA) is 96.7 Å². The number of nitrogens with two attached hydrogens (primary N) is 1. The first-order chi connectivity index (χ1) is 9.62. The Hall–Kier alpha value is -1.19. The van der Waals surface area contributed by atoms with Gasteiger partial charge in [-0.3, -0.25) is 10.7 Å². The minimum atomic E-state index is -3.46. The first kappa shape index (κ1) is 15.2. The summed E-state index contributed by atoms with van der Waals surface area (Å²) in [6.07, 6.45) is 0. The smallest absolute Gasteiger partial charge is 0.240 e. The van der Waals surface area contributed by atoms with Crippen LogP contribution >= 0.6 is 0 Å². The molecule has 0 unspecified atom stereocenters. The molecule has 0 aromatic heterocycles. The molecule has 20 heavy (non-hydrogen) atoms. The monoisotopic (exact) mass is 300 g/mol. The van der Waals surface area contributed by atoms with E-state index in [1.807, 2.05) is 0 Å². The molecule has 0 aliphatic carbocycles. The molecular formula is C12H20N4O3S. The molecule has 4 N–H and O–H groups in total. The second kappa shape index (κ2) is 7.00. The lowest BCUT2D eigenvalue weighted by atomic mass is 10.3. The van der Waals surface area contributed by atoms with Crippen LogP contribution in [0.25, 0.3) is 0 Å². The molecule has 1 aromatic rings. The van der Waals surface area contributed by atoms with Crippen LogP contribution in [0, 0.1) is 0 Å².